The molecule has 1 spiro atoms. The number of sulfonamides is 1. The summed E-state index contributed by atoms with van der Waals surface area (Å²) in [4.78, 5) is 2.59. The van der Waals surface area contributed by atoms with Crippen molar-refractivity contribution in [3.8, 4) is 0 Å². The van der Waals surface area contributed by atoms with Gasteiger partial charge in [0.05, 0.1) is 11.4 Å². The molecule has 1 saturated heterocycles. The number of para-hydroxylation sites is 1. The molecule has 0 unspecified atom stereocenters. The number of fused-ring (bicyclic) bond motifs is 2. The number of hydrogen-bond acceptors (Lipinski definition) is 3. The van der Waals surface area contributed by atoms with E-state index in [0.29, 0.717) is 6.54 Å². The molecular formula is C18H26N2O2S. The predicted molar refractivity (Wildman–Crippen MR) is 93.3 cm³/mol. The van der Waals surface area contributed by atoms with E-state index in [1.54, 1.807) is 11.2 Å². The number of benzene rings is 1. The molecule has 0 bridgehead atoms. The highest BCUT2D eigenvalue weighted by molar-refractivity contribution is 7.92. The van der Waals surface area contributed by atoms with Crippen LogP contribution in [-0.2, 0) is 15.4 Å². The Bertz CT molecular complexity index is 689. The van der Waals surface area contributed by atoms with Gasteiger partial charge in [0, 0.05) is 18.5 Å². The SMILES string of the molecule is CCS(=O)(=O)N1CC2(CCN(CC3CC3)CC2)c2ccccc21. The molecule has 1 saturated carbocycles. The van der Waals surface area contributed by atoms with Gasteiger partial charge < -0.3 is 4.90 Å². The van der Waals surface area contributed by atoms with Gasteiger partial charge in [-0.2, -0.15) is 0 Å². The van der Waals surface area contributed by atoms with Gasteiger partial charge in [0.1, 0.15) is 0 Å². The average Bonchev–Trinajstić information content (AvgIpc) is 3.32. The minimum Gasteiger partial charge on any atom is -0.303 e. The molecule has 1 aliphatic carbocycles. The second kappa shape index (κ2) is 5.49. The number of hydrogen-bond donors (Lipinski definition) is 0. The van der Waals surface area contributed by atoms with Crippen LogP contribution in [0.1, 0.15) is 38.2 Å². The highest BCUT2D eigenvalue weighted by Crippen LogP contribution is 2.48. The number of rotatable bonds is 4. The van der Waals surface area contributed by atoms with E-state index in [-0.39, 0.29) is 11.2 Å². The second-order valence-corrected chi connectivity index (χ2v) is 9.63. The van der Waals surface area contributed by atoms with Crippen LogP contribution in [0, 0.1) is 5.92 Å². The van der Waals surface area contributed by atoms with Crippen molar-refractivity contribution in [2.75, 3.05) is 36.2 Å². The van der Waals surface area contributed by atoms with Crippen LogP contribution in [-0.4, -0.2) is 45.2 Å². The van der Waals surface area contributed by atoms with E-state index in [9.17, 15) is 8.42 Å². The normalized spacial score (nSPS) is 24.1. The first-order chi connectivity index (χ1) is 11.0. The fourth-order valence-corrected chi connectivity index (χ4v) is 5.46. The Kier molecular flexibility index (Phi) is 3.69. The fraction of sp³-hybridized carbons (Fsp3) is 0.667. The molecule has 0 aromatic heterocycles. The highest BCUT2D eigenvalue weighted by Gasteiger charge is 2.47. The van der Waals surface area contributed by atoms with Crippen molar-refractivity contribution in [1.82, 2.24) is 4.90 Å². The third kappa shape index (κ3) is 2.68. The maximum absolute atomic E-state index is 12.5. The van der Waals surface area contributed by atoms with Crippen LogP contribution in [0.3, 0.4) is 0 Å². The number of piperidine rings is 1. The first kappa shape index (κ1) is 15.5. The van der Waals surface area contributed by atoms with E-state index in [0.717, 1.165) is 37.5 Å². The molecule has 1 aromatic carbocycles. The van der Waals surface area contributed by atoms with Gasteiger partial charge in [0.2, 0.25) is 10.0 Å². The average molecular weight is 334 g/mol. The smallest absolute Gasteiger partial charge is 0.234 e. The van der Waals surface area contributed by atoms with Gasteiger partial charge >= 0.3 is 0 Å². The summed E-state index contributed by atoms with van der Waals surface area (Å²) in [7, 11) is -3.19. The first-order valence-corrected chi connectivity index (χ1v) is 10.5. The summed E-state index contributed by atoms with van der Waals surface area (Å²) in [6.07, 6.45) is 4.94. The Balaban J connectivity index is 1.60. The Morgan fingerprint density at radius 3 is 2.52 bits per heavy atom. The van der Waals surface area contributed by atoms with E-state index in [4.69, 9.17) is 0 Å². The van der Waals surface area contributed by atoms with Gasteiger partial charge in [0.15, 0.2) is 0 Å². The Labute approximate surface area is 139 Å². The molecule has 1 aromatic rings. The summed E-state index contributed by atoms with van der Waals surface area (Å²) >= 11 is 0. The number of nitrogens with zero attached hydrogens (tertiary/aromatic N) is 2. The zero-order valence-corrected chi connectivity index (χ0v) is 14.7. The third-order valence-corrected chi connectivity index (χ3v) is 7.64. The summed E-state index contributed by atoms with van der Waals surface area (Å²) in [5, 5.41) is 0. The molecule has 5 heteroatoms. The van der Waals surface area contributed by atoms with Crippen LogP contribution in [0.25, 0.3) is 0 Å². The van der Waals surface area contributed by atoms with Gasteiger partial charge in [0.25, 0.3) is 0 Å². The molecular weight excluding hydrogens is 308 g/mol. The molecule has 23 heavy (non-hydrogen) atoms. The number of anilines is 1. The minimum absolute atomic E-state index is 0.0267. The zero-order chi connectivity index (χ0) is 16.1. The molecule has 2 aliphatic heterocycles. The second-order valence-electron chi connectivity index (χ2n) is 7.45. The van der Waals surface area contributed by atoms with E-state index < -0.39 is 10.0 Å². The molecule has 4 nitrogen and oxygen atoms in total. The standard InChI is InChI=1S/C18H26N2O2S/c1-2-23(21,22)20-14-18(16-5-3-4-6-17(16)20)9-11-19(12-10-18)13-15-7-8-15/h3-6,15H,2,7-14H2,1H3. The van der Waals surface area contributed by atoms with Crippen molar-refractivity contribution in [3.63, 3.8) is 0 Å². The van der Waals surface area contributed by atoms with Crippen molar-refractivity contribution in [1.29, 1.82) is 0 Å². The maximum Gasteiger partial charge on any atom is 0.234 e. The van der Waals surface area contributed by atoms with E-state index in [1.807, 2.05) is 12.1 Å². The fourth-order valence-electron chi connectivity index (χ4n) is 4.25. The summed E-state index contributed by atoms with van der Waals surface area (Å²) in [5.41, 5.74) is 2.20. The first-order valence-electron chi connectivity index (χ1n) is 8.86. The Morgan fingerprint density at radius 1 is 1.17 bits per heavy atom. The van der Waals surface area contributed by atoms with Crippen LogP contribution < -0.4 is 4.31 Å². The van der Waals surface area contributed by atoms with Gasteiger partial charge in [-0.1, -0.05) is 18.2 Å². The molecule has 126 valence electrons. The lowest BCUT2D eigenvalue weighted by molar-refractivity contribution is 0.162. The molecule has 0 amide bonds. The lowest BCUT2D eigenvalue weighted by atomic mass is 9.74. The summed E-state index contributed by atoms with van der Waals surface area (Å²) in [6.45, 7) is 5.82. The van der Waals surface area contributed by atoms with Crippen molar-refractivity contribution in [3.05, 3.63) is 29.8 Å². The molecule has 0 radical (unpaired) electrons. The van der Waals surface area contributed by atoms with Crippen LogP contribution in [0.2, 0.25) is 0 Å². The molecule has 2 heterocycles. The molecule has 4 rings (SSSR count). The van der Waals surface area contributed by atoms with E-state index in [2.05, 4.69) is 17.0 Å². The highest BCUT2D eigenvalue weighted by atomic mass is 32.2. The van der Waals surface area contributed by atoms with Crippen LogP contribution in [0.4, 0.5) is 5.69 Å². The summed E-state index contributed by atoms with van der Waals surface area (Å²) in [6, 6.07) is 8.14. The van der Waals surface area contributed by atoms with Gasteiger partial charge in [-0.05, 0) is 63.2 Å². The van der Waals surface area contributed by atoms with Gasteiger partial charge in [-0.25, -0.2) is 8.42 Å². The largest absolute Gasteiger partial charge is 0.303 e. The molecule has 0 atom stereocenters. The zero-order valence-electron chi connectivity index (χ0n) is 13.9. The topological polar surface area (TPSA) is 40.6 Å². The molecule has 0 N–H and O–H groups in total. The van der Waals surface area contributed by atoms with Gasteiger partial charge in [-0.15, -0.1) is 0 Å². The minimum atomic E-state index is -3.19. The van der Waals surface area contributed by atoms with Crippen LogP contribution in [0.5, 0.6) is 0 Å². The third-order valence-electron chi connectivity index (χ3n) is 5.92. The van der Waals surface area contributed by atoms with E-state index in [1.165, 1.54) is 24.9 Å². The maximum atomic E-state index is 12.5. The Morgan fingerprint density at radius 2 is 1.87 bits per heavy atom. The molecule has 2 fully saturated rings. The van der Waals surface area contributed by atoms with E-state index >= 15 is 0 Å². The van der Waals surface area contributed by atoms with Crippen LogP contribution in [0.15, 0.2) is 24.3 Å². The lowest BCUT2D eigenvalue weighted by Gasteiger charge is -2.40. The monoisotopic (exact) mass is 334 g/mol. The summed E-state index contributed by atoms with van der Waals surface area (Å²) in [5.74, 6) is 1.10. The van der Waals surface area contributed by atoms with Gasteiger partial charge in [-0.3, -0.25) is 4.31 Å². The Hall–Kier alpha value is -1.07. The van der Waals surface area contributed by atoms with Crippen molar-refractivity contribution in [2.45, 2.75) is 38.0 Å². The quantitative estimate of drug-likeness (QED) is 0.850. The molecule has 3 aliphatic rings. The van der Waals surface area contributed by atoms with Crippen molar-refractivity contribution >= 4 is 15.7 Å². The predicted octanol–water partition coefficient (Wildman–Crippen LogP) is 2.60. The van der Waals surface area contributed by atoms with Crippen molar-refractivity contribution < 1.29 is 8.42 Å². The summed E-state index contributed by atoms with van der Waals surface area (Å²) < 4.78 is 26.7. The van der Waals surface area contributed by atoms with Crippen LogP contribution >= 0.6 is 0 Å². The van der Waals surface area contributed by atoms with Crippen molar-refractivity contribution in [2.24, 2.45) is 5.92 Å². The number of likely N-dealkylation sites (tertiary alicyclic amines) is 1. The lowest BCUT2D eigenvalue weighted by Crippen LogP contribution is -2.46.